The van der Waals surface area contributed by atoms with Gasteiger partial charge >= 0.3 is 0 Å². The van der Waals surface area contributed by atoms with Gasteiger partial charge in [-0.1, -0.05) is 45.8 Å². The van der Waals surface area contributed by atoms with Crippen molar-refractivity contribution in [3.05, 3.63) is 11.1 Å². The standard InChI is InChI=1S/C35H54O10/c1-7-21(38)22-14-18(2)35(45-22)15-25(39)34(6)20-8-9-24-31(3,19(20)10-13-33(34,35)5)12-11-26(32(24,4)17-37)44-30-29(42)28(41)27(40)23(16-36)43-30/h18,22-24,26-30,36-37,40-42H,7-17H2,1-6H3/t18-,22+,23-,24-,26+,27-,28+,29-,30+,31-,32-,33+,34-,35+/m1/s1. The molecule has 4 aliphatic carbocycles. The van der Waals surface area contributed by atoms with Crippen LogP contribution in [0.4, 0.5) is 0 Å². The number of carbonyl (C=O) groups excluding carboxylic acids is 2. The molecule has 2 heterocycles. The monoisotopic (exact) mass is 634 g/mol. The van der Waals surface area contributed by atoms with Crippen molar-refractivity contribution < 1.29 is 49.3 Å². The van der Waals surface area contributed by atoms with Crippen LogP contribution in [0.1, 0.15) is 99.3 Å². The van der Waals surface area contributed by atoms with E-state index in [1.807, 2.05) is 13.8 Å². The number of hydrogen-bond acceptors (Lipinski definition) is 10. The molecule has 10 nitrogen and oxygen atoms in total. The fourth-order valence-electron chi connectivity index (χ4n) is 11.4. The maximum atomic E-state index is 14.3. The van der Waals surface area contributed by atoms with Gasteiger partial charge in [-0.15, -0.1) is 0 Å². The molecule has 254 valence electrons. The van der Waals surface area contributed by atoms with Gasteiger partial charge in [-0.2, -0.15) is 0 Å². The quantitative estimate of drug-likeness (QED) is 0.275. The van der Waals surface area contributed by atoms with Gasteiger partial charge in [0.25, 0.3) is 0 Å². The van der Waals surface area contributed by atoms with Gasteiger partial charge in [0.2, 0.25) is 0 Å². The van der Waals surface area contributed by atoms with Gasteiger partial charge in [0.05, 0.1) is 30.3 Å². The molecule has 0 aromatic heterocycles. The first-order chi connectivity index (χ1) is 21.1. The molecule has 2 saturated carbocycles. The molecule has 2 aliphatic heterocycles. The lowest BCUT2D eigenvalue weighted by Crippen LogP contribution is -2.63. The largest absolute Gasteiger partial charge is 0.396 e. The minimum Gasteiger partial charge on any atom is -0.396 e. The Morgan fingerprint density at radius 3 is 2.33 bits per heavy atom. The Morgan fingerprint density at radius 2 is 1.69 bits per heavy atom. The van der Waals surface area contributed by atoms with Gasteiger partial charge in [0, 0.05) is 23.7 Å². The summed E-state index contributed by atoms with van der Waals surface area (Å²) in [5, 5.41) is 51.9. The van der Waals surface area contributed by atoms with E-state index in [0.29, 0.717) is 25.7 Å². The zero-order valence-corrected chi connectivity index (χ0v) is 27.8. The Kier molecular flexibility index (Phi) is 8.34. The van der Waals surface area contributed by atoms with Crippen LogP contribution in [0.5, 0.6) is 0 Å². The second-order valence-electron chi connectivity index (χ2n) is 16.0. The predicted octanol–water partition coefficient (Wildman–Crippen LogP) is 2.60. The molecule has 2 saturated heterocycles. The number of Topliss-reactive ketones (excluding diaryl/α,β-unsaturated/α-hetero) is 2. The van der Waals surface area contributed by atoms with Crippen LogP contribution in [0, 0.1) is 33.5 Å². The lowest BCUT2D eigenvalue weighted by Gasteiger charge is -2.63. The topological polar surface area (TPSA) is 163 Å². The van der Waals surface area contributed by atoms with Crippen molar-refractivity contribution in [3.63, 3.8) is 0 Å². The lowest BCUT2D eigenvalue weighted by atomic mass is 9.42. The summed E-state index contributed by atoms with van der Waals surface area (Å²) >= 11 is 0. The minimum absolute atomic E-state index is 0.0176. The Hall–Kier alpha value is -1.24. The summed E-state index contributed by atoms with van der Waals surface area (Å²) in [7, 11) is 0. The number of ketones is 2. The van der Waals surface area contributed by atoms with Gasteiger partial charge in [0.15, 0.2) is 12.1 Å². The highest BCUT2D eigenvalue weighted by Gasteiger charge is 2.75. The highest BCUT2D eigenvalue weighted by atomic mass is 16.7. The van der Waals surface area contributed by atoms with Gasteiger partial charge < -0.3 is 39.7 Å². The van der Waals surface area contributed by atoms with Crippen LogP contribution in [-0.2, 0) is 23.8 Å². The summed E-state index contributed by atoms with van der Waals surface area (Å²) in [6.07, 6.45) is -2.02. The number of ether oxygens (including phenoxy) is 3. The molecule has 6 rings (SSSR count). The molecule has 10 heteroatoms. The molecule has 1 spiro atoms. The Balaban J connectivity index is 1.32. The maximum absolute atomic E-state index is 14.3. The fourth-order valence-corrected chi connectivity index (χ4v) is 11.4. The van der Waals surface area contributed by atoms with Crippen molar-refractivity contribution in [2.45, 2.75) is 148 Å². The van der Waals surface area contributed by atoms with E-state index in [-0.39, 0.29) is 35.4 Å². The van der Waals surface area contributed by atoms with E-state index in [4.69, 9.17) is 14.2 Å². The number of hydrogen-bond donors (Lipinski definition) is 5. The van der Waals surface area contributed by atoms with Gasteiger partial charge in [-0.25, -0.2) is 0 Å². The maximum Gasteiger partial charge on any atom is 0.186 e. The number of aliphatic hydroxyl groups excluding tert-OH is 5. The van der Waals surface area contributed by atoms with Gasteiger partial charge in [-0.3, -0.25) is 9.59 Å². The zero-order chi connectivity index (χ0) is 32.9. The number of aliphatic hydroxyl groups is 5. The summed E-state index contributed by atoms with van der Waals surface area (Å²) in [6, 6.07) is 0. The van der Waals surface area contributed by atoms with E-state index in [1.54, 1.807) is 0 Å². The molecule has 0 amide bonds. The molecule has 0 unspecified atom stereocenters. The third-order valence-corrected chi connectivity index (χ3v) is 14.4. The second kappa shape index (κ2) is 11.2. The molecule has 0 radical (unpaired) electrons. The SMILES string of the molecule is CCC(=O)[C@@H]1C[C@@H](C)[C@]2(CC(=O)[C@@]3(C)C4=C(CC[C@@]32C)[C@@]2(C)CC[C@H](O[C@@H]3O[C@H](CO)[C@@H](O)[C@H](O)[C@H]3O)[C@](C)(CO)[C@@H]2CC4)O1. The first-order valence-corrected chi connectivity index (χ1v) is 17.1. The summed E-state index contributed by atoms with van der Waals surface area (Å²) in [6.45, 7) is 12.0. The summed E-state index contributed by atoms with van der Waals surface area (Å²) in [5.41, 5.74) is -0.264. The van der Waals surface area contributed by atoms with Crippen molar-refractivity contribution >= 4 is 11.6 Å². The first kappa shape index (κ1) is 33.7. The summed E-state index contributed by atoms with van der Waals surface area (Å²) in [4.78, 5) is 27.1. The Bertz CT molecular complexity index is 1250. The Morgan fingerprint density at radius 1 is 0.978 bits per heavy atom. The van der Waals surface area contributed by atoms with E-state index < -0.39 is 71.4 Å². The van der Waals surface area contributed by atoms with Gasteiger partial charge in [-0.05, 0) is 69.1 Å². The van der Waals surface area contributed by atoms with Crippen molar-refractivity contribution in [1.82, 2.24) is 0 Å². The number of allylic oxidation sites excluding steroid dienone is 2. The number of carbonyl (C=O) groups is 2. The van der Waals surface area contributed by atoms with Gasteiger partial charge in [0.1, 0.15) is 36.3 Å². The average molecular weight is 635 g/mol. The van der Waals surface area contributed by atoms with Crippen molar-refractivity contribution in [1.29, 1.82) is 0 Å². The normalized spacial score (nSPS) is 53.0. The average Bonchev–Trinajstić information content (AvgIpc) is 3.44. The smallest absolute Gasteiger partial charge is 0.186 e. The van der Waals surface area contributed by atoms with Crippen molar-refractivity contribution in [2.75, 3.05) is 13.2 Å². The van der Waals surface area contributed by atoms with E-state index >= 15 is 0 Å². The molecule has 0 aromatic rings. The molecule has 4 fully saturated rings. The van der Waals surface area contributed by atoms with Crippen LogP contribution in [0.3, 0.4) is 0 Å². The highest BCUT2D eigenvalue weighted by molar-refractivity contribution is 5.94. The van der Waals surface area contributed by atoms with E-state index in [0.717, 1.165) is 32.1 Å². The van der Waals surface area contributed by atoms with Crippen molar-refractivity contribution in [3.8, 4) is 0 Å². The van der Waals surface area contributed by atoms with Crippen LogP contribution in [0.25, 0.3) is 0 Å². The molecular formula is C35H54O10. The van der Waals surface area contributed by atoms with E-state index in [9.17, 15) is 35.1 Å². The lowest BCUT2D eigenvalue weighted by molar-refractivity contribution is -0.328. The predicted molar refractivity (Wildman–Crippen MR) is 163 cm³/mol. The van der Waals surface area contributed by atoms with E-state index in [1.165, 1.54) is 11.1 Å². The summed E-state index contributed by atoms with van der Waals surface area (Å²) < 4.78 is 18.8. The van der Waals surface area contributed by atoms with Crippen molar-refractivity contribution in [2.24, 2.45) is 33.5 Å². The molecule has 6 aliphatic rings. The Labute approximate surface area is 266 Å². The minimum atomic E-state index is -1.54. The molecule has 14 atom stereocenters. The fraction of sp³-hybridized carbons (Fsp3) is 0.886. The van der Waals surface area contributed by atoms with Crippen LogP contribution in [0.2, 0.25) is 0 Å². The van der Waals surface area contributed by atoms with Crippen LogP contribution in [0.15, 0.2) is 11.1 Å². The third kappa shape index (κ3) is 4.28. The van der Waals surface area contributed by atoms with Crippen LogP contribution < -0.4 is 0 Å². The highest BCUT2D eigenvalue weighted by Crippen LogP contribution is 2.74. The molecular weight excluding hydrogens is 580 g/mol. The zero-order valence-electron chi connectivity index (χ0n) is 27.8. The number of fused-ring (bicyclic) bond motifs is 5. The molecule has 5 N–H and O–H groups in total. The molecule has 0 aromatic carbocycles. The van der Waals surface area contributed by atoms with Crippen LogP contribution >= 0.6 is 0 Å². The molecule has 45 heavy (non-hydrogen) atoms. The van der Waals surface area contributed by atoms with E-state index in [2.05, 4.69) is 27.7 Å². The third-order valence-electron chi connectivity index (χ3n) is 14.4. The second-order valence-corrected chi connectivity index (χ2v) is 16.0. The number of rotatable bonds is 6. The first-order valence-electron chi connectivity index (χ1n) is 17.1. The van der Waals surface area contributed by atoms with Crippen LogP contribution in [-0.4, -0.2) is 98.8 Å². The summed E-state index contributed by atoms with van der Waals surface area (Å²) in [5.74, 6) is 0.429. The molecule has 0 bridgehead atoms.